The number of rotatable bonds is 7. The Balaban J connectivity index is 2.88. The van der Waals surface area contributed by atoms with Crippen LogP contribution in [0, 0.1) is 0 Å². The number of benzene rings is 1. The number of phenolic OH excluding ortho intramolecular Hbond substituents is 1. The van der Waals surface area contributed by atoms with Crippen LogP contribution in [0.5, 0.6) is 5.75 Å². The van der Waals surface area contributed by atoms with Crippen LogP contribution in [0.1, 0.15) is 38.3 Å². The smallest absolute Gasteiger partial charge is 0.129 e. The average Bonchev–Trinajstić information content (AvgIpc) is 2.38. The first-order chi connectivity index (χ1) is 8.63. The second-order valence-electron chi connectivity index (χ2n) is 4.44. The van der Waals surface area contributed by atoms with Crippen molar-refractivity contribution in [3.8, 4) is 5.75 Å². The fraction of sp³-hybridized carbons (Fsp3) is 0.571. The Morgan fingerprint density at radius 3 is 2.61 bits per heavy atom. The number of phenols is 1. The monoisotopic (exact) mass is 314 g/mol. The molecule has 1 aromatic rings. The van der Waals surface area contributed by atoms with E-state index in [0.717, 1.165) is 23.1 Å². The van der Waals surface area contributed by atoms with Gasteiger partial charge in [-0.1, -0.05) is 26.3 Å². The topological polar surface area (TPSA) is 49.5 Å². The van der Waals surface area contributed by atoms with E-state index in [2.05, 4.69) is 34.7 Å². The molecule has 0 radical (unpaired) electrons. The van der Waals surface area contributed by atoms with Crippen LogP contribution < -0.4 is 5.73 Å². The number of nitrogens with two attached hydrogens (primary N) is 1. The largest absolute Gasteiger partial charge is 0.507 e. The Hall–Kier alpha value is -0.580. The zero-order valence-corrected chi connectivity index (χ0v) is 12.8. The maximum atomic E-state index is 9.54. The normalized spacial score (nSPS) is 12.9. The van der Waals surface area contributed by atoms with Crippen LogP contribution in [0.2, 0.25) is 0 Å². The molecule has 1 aromatic carbocycles. The Kier molecular flexibility index (Phi) is 6.68. The van der Waals surface area contributed by atoms with Crippen molar-refractivity contribution in [3.63, 3.8) is 0 Å². The summed E-state index contributed by atoms with van der Waals surface area (Å²) in [4.78, 5) is 2.39. The molecule has 4 heteroatoms. The van der Waals surface area contributed by atoms with E-state index >= 15 is 0 Å². The zero-order chi connectivity index (χ0) is 13.5. The lowest BCUT2D eigenvalue weighted by Gasteiger charge is -2.30. The van der Waals surface area contributed by atoms with Crippen molar-refractivity contribution >= 4 is 15.9 Å². The maximum absolute atomic E-state index is 9.54. The number of hydrogen-bond acceptors (Lipinski definition) is 3. The molecule has 0 bridgehead atoms. The summed E-state index contributed by atoms with van der Waals surface area (Å²) in [5.41, 5.74) is 7.07. The van der Waals surface area contributed by atoms with Crippen molar-refractivity contribution in [2.75, 3.05) is 19.6 Å². The number of nitrogens with zero attached hydrogens (tertiary/aromatic N) is 1. The van der Waals surface area contributed by atoms with Gasteiger partial charge in [-0.3, -0.25) is 4.90 Å². The molecule has 0 aliphatic heterocycles. The molecule has 3 N–H and O–H groups in total. The SMILES string of the molecule is CCCCN(CC)C(CN)c1ccc(O)c(Br)c1. The van der Waals surface area contributed by atoms with Crippen molar-refractivity contribution in [2.45, 2.75) is 32.7 Å². The van der Waals surface area contributed by atoms with Crippen LogP contribution >= 0.6 is 15.9 Å². The Bertz CT molecular complexity index is 371. The molecule has 1 atom stereocenters. The number of halogens is 1. The first kappa shape index (κ1) is 15.5. The third-order valence-corrected chi connectivity index (χ3v) is 3.86. The van der Waals surface area contributed by atoms with Gasteiger partial charge in [-0.25, -0.2) is 0 Å². The Morgan fingerprint density at radius 1 is 1.39 bits per heavy atom. The van der Waals surface area contributed by atoms with Crippen LogP contribution in [0.15, 0.2) is 22.7 Å². The number of aromatic hydroxyl groups is 1. The van der Waals surface area contributed by atoms with E-state index in [0.29, 0.717) is 6.54 Å². The van der Waals surface area contributed by atoms with Gasteiger partial charge < -0.3 is 10.8 Å². The van der Waals surface area contributed by atoms with E-state index in [4.69, 9.17) is 5.73 Å². The van der Waals surface area contributed by atoms with Gasteiger partial charge in [0.05, 0.1) is 4.47 Å². The molecule has 18 heavy (non-hydrogen) atoms. The standard InChI is InChI=1S/C14H23BrN2O/c1-3-5-8-17(4-2)13(10-16)11-6-7-14(18)12(15)9-11/h6-7,9,13,18H,3-5,8,10,16H2,1-2H3. The molecule has 0 aliphatic rings. The highest BCUT2D eigenvalue weighted by molar-refractivity contribution is 9.10. The molecule has 1 rings (SSSR count). The molecule has 0 saturated heterocycles. The van der Waals surface area contributed by atoms with Gasteiger partial charge in [0, 0.05) is 12.6 Å². The summed E-state index contributed by atoms with van der Waals surface area (Å²) in [6.45, 7) is 7.00. The summed E-state index contributed by atoms with van der Waals surface area (Å²) in [5, 5.41) is 9.54. The van der Waals surface area contributed by atoms with Gasteiger partial charge in [0.15, 0.2) is 0 Å². The molecular weight excluding hydrogens is 292 g/mol. The summed E-state index contributed by atoms with van der Waals surface area (Å²) >= 11 is 3.36. The molecule has 0 heterocycles. The van der Waals surface area contributed by atoms with Crippen molar-refractivity contribution in [2.24, 2.45) is 5.73 Å². The summed E-state index contributed by atoms with van der Waals surface area (Å²) in [7, 11) is 0. The van der Waals surface area contributed by atoms with Gasteiger partial charge in [-0.15, -0.1) is 0 Å². The minimum absolute atomic E-state index is 0.221. The van der Waals surface area contributed by atoms with E-state index in [1.54, 1.807) is 6.07 Å². The van der Waals surface area contributed by atoms with E-state index < -0.39 is 0 Å². The van der Waals surface area contributed by atoms with Crippen LogP contribution in [-0.4, -0.2) is 29.6 Å². The molecule has 0 saturated carbocycles. The van der Waals surface area contributed by atoms with Crippen molar-refractivity contribution in [3.05, 3.63) is 28.2 Å². The number of unbranched alkanes of at least 4 members (excludes halogenated alkanes) is 1. The highest BCUT2D eigenvalue weighted by Gasteiger charge is 2.17. The van der Waals surface area contributed by atoms with Crippen LogP contribution in [-0.2, 0) is 0 Å². The number of likely N-dealkylation sites (N-methyl/N-ethyl adjacent to an activating group) is 1. The van der Waals surface area contributed by atoms with Crippen LogP contribution in [0.3, 0.4) is 0 Å². The van der Waals surface area contributed by atoms with Crippen molar-refractivity contribution in [1.82, 2.24) is 4.90 Å². The van der Waals surface area contributed by atoms with Gasteiger partial charge in [0.25, 0.3) is 0 Å². The van der Waals surface area contributed by atoms with E-state index in [9.17, 15) is 5.11 Å². The molecule has 1 unspecified atom stereocenters. The molecule has 0 fully saturated rings. The highest BCUT2D eigenvalue weighted by atomic mass is 79.9. The lowest BCUT2D eigenvalue weighted by molar-refractivity contribution is 0.209. The Labute approximate surface area is 118 Å². The van der Waals surface area contributed by atoms with E-state index in [1.807, 2.05) is 12.1 Å². The van der Waals surface area contributed by atoms with Gasteiger partial charge in [-0.05, 0) is 53.1 Å². The lowest BCUT2D eigenvalue weighted by atomic mass is 10.0. The minimum atomic E-state index is 0.221. The predicted octanol–water partition coefficient (Wildman–Crippen LogP) is 3.28. The van der Waals surface area contributed by atoms with Gasteiger partial charge in [0.1, 0.15) is 5.75 Å². The second-order valence-corrected chi connectivity index (χ2v) is 5.30. The van der Waals surface area contributed by atoms with Gasteiger partial charge >= 0.3 is 0 Å². The zero-order valence-electron chi connectivity index (χ0n) is 11.2. The third-order valence-electron chi connectivity index (χ3n) is 3.23. The quantitative estimate of drug-likeness (QED) is 0.812. The third kappa shape index (κ3) is 3.97. The first-order valence-corrected chi connectivity index (χ1v) is 7.35. The fourth-order valence-electron chi connectivity index (χ4n) is 2.12. The fourth-order valence-corrected chi connectivity index (χ4v) is 2.52. The summed E-state index contributed by atoms with van der Waals surface area (Å²) in [5.74, 6) is 0.270. The van der Waals surface area contributed by atoms with Crippen LogP contribution in [0.4, 0.5) is 0 Å². The molecule has 0 aromatic heterocycles. The van der Waals surface area contributed by atoms with Crippen molar-refractivity contribution < 1.29 is 5.11 Å². The molecule has 0 aliphatic carbocycles. The first-order valence-electron chi connectivity index (χ1n) is 6.56. The highest BCUT2D eigenvalue weighted by Crippen LogP contribution is 2.29. The molecule has 0 spiro atoms. The molecule has 3 nitrogen and oxygen atoms in total. The molecule has 102 valence electrons. The molecular formula is C14H23BrN2O. The summed E-state index contributed by atoms with van der Waals surface area (Å²) in [6, 6.07) is 5.85. The summed E-state index contributed by atoms with van der Waals surface area (Å²) < 4.78 is 0.727. The van der Waals surface area contributed by atoms with Gasteiger partial charge in [0.2, 0.25) is 0 Å². The van der Waals surface area contributed by atoms with Crippen molar-refractivity contribution in [1.29, 1.82) is 0 Å². The number of hydrogen-bond donors (Lipinski definition) is 2. The van der Waals surface area contributed by atoms with E-state index in [1.165, 1.54) is 12.8 Å². The Morgan fingerprint density at radius 2 is 2.11 bits per heavy atom. The molecule has 0 amide bonds. The minimum Gasteiger partial charge on any atom is -0.507 e. The predicted molar refractivity (Wildman–Crippen MR) is 79.8 cm³/mol. The van der Waals surface area contributed by atoms with Gasteiger partial charge in [-0.2, -0.15) is 0 Å². The maximum Gasteiger partial charge on any atom is 0.129 e. The average molecular weight is 315 g/mol. The summed E-state index contributed by atoms with van der Waals surface area (Å²) in [6.07, 6.45) is 2.37. The van der Waals surface area contributed by atoms with Crippen LogP contribution in [0.25, 0.3) is 0 Å². The second kappa shape index (κ2) is 7.77. The van der Waals surface area contributed by atoms with E-state index in [-0.39, 0.29) is 11.8 Å². The lowest BCUT2D eigenvalue weighted by Crippen LogP contribution is -2.34.